The zero-order valence-corrected chi connectivity index (χ0v) is 20.3. The highest BCUT2D eigenvalue weighted by atomic mass is 19.1. The van der Waals surface area contributed by atoms with Crippen molar-refractivity contribution in [3.8, 4) is 11.5 Å². The maximum atomic E-state index is 14.5. The third-order valence-electron chi connectivity index (χ3n) is 6.71. The highest BCUT2D eigenvalue weighted by Crippen LogP contribution is 2.38. The lowest BCUT2D eigenvalue weighted by atomic mass is 10.0. The van der Waals surface area contributed by atoms with Crippen LogP contribution in [-0.2, 0) is 6.54 Å². The molecule has 0 saturated heterocycles. The Morgan fingerprint density at radius 1 is 0.921 bits per heavy atom. The second-order valence-corrected chi connectivity index (χ2v) is 9.07. The van der Waals surface area contributed by atoms with E-state index in [9.17, 15) is 18.0 Å². The number of halogens is 3. The van der Waals surface area contributed by atoms with E-state index in [1.165, 1.54) is 18.2 Å². The molecular weight excluding hydrogens is 491 g/mol. The molecule has 0 aliphatic carbocycles. The van der Waals surface area contributed by atoms with Gasteiger partial charge in [0.2, 0.25) is 0 Å². The molecule has 6 rings (SSSR count). The predicted molar refractivity (Wildman–Crippen MR) is 137 cm³/mol. The lowest BCUT2D eigenvalue weighted by Gasteiger charge is -2.31. The van der Waals surface area contributed by atoms with Gasteiger partial charge < -0.3 is 14.8 Å². The number of hydrogen-bond acceptors (Lipinski definition) is 2. The van der Waals surface area contributed by atoms with E-state index in [4.69, 9.17) is 5.10 Å². The number of aryl methyl sites for hydroxylation is 1. The number of benzene rings is 3. The Morgan fingerprint density at radius 3 is 2.39 bits per heavy atom. The third kappa shape index (κ3) is 4.02. The number of urea groups is 1. The van der Waals surface area contributed by atoms with Crippen LogP contribution < -0.4 is 5.32 Å². The van der Waals surface area contributed by atoms with Crippen molar-refractivity contribution < 1.29 is 18.0 Å². The van der Waals surface area contributed by atoms with Crippen molar-refractivity contribution >= 4 is 11.7 Å². The number of amides is 2. The first kappa shape index (κ1) is 23.6. The summed E-state index contributed by atoms with van der Waals surface area (Å²) in [6, 6.07) is 21.1. The van der Waals surface area contributed by atoms with Gasteiger partial charge in [-0.1, -0.05) is 30.3 Å². The minimum atomic E-state index is -0.886. The maximum absolute atomic E-state index is 14.5. The van der Waals surface area contributed by atoms with Gasteiger partial charge in [-0.3, -0.25) is 0 Å². The fraction of sp³-hybridized carbons (Fsp3) is 0.103. The number of fused-ring (bicyclic) bond motifs is 3. The lowest BCUT2D eigenvalue weighted by molar-refractivity contribution is 0.194. The van der Waals surface area contributed by atoms with Crippen molar-refractivity contribution in [3.63, 3.8) is 0 Å². The minimum absolute atomic E-state index is 0.131. The minimum Gasteiger partial charge on any atom is -0.307 e. The van der Waals surface area contributed by atoms with Crippen LogP contribution in [0.4, 0.5) is 23.7 Å². The SMILES string of the molecule is Cc1nn(-c2ccccc2)c2c1CN(C(=O)Nc1ccc(F)cc1F)[C@@H](c1ccc(F)cc1)c1cccn1-2. The van der Waals surface area contributed by atoms with Gasteiger partial charge in [-0.2, -0.15) is 5.10 Å². The fourth-order valence-electron chi connectivity index (χ4n) is 4.92. The molecule has 0 unspecified atom stereocenters. The third-order valence-corrected chi connectivity index (χ3v) is 6.71. The number of nitrogens with zero attached hydrogens (tertiary/aromatic N) is 4. The van der Waals surface area contributed by atoms with E-state index in [1.54, 1.807) is 17.0 Å². The van der Waals surface area contributed by atoms with Crippen LogP contribution in [0.3, 0.4) is 0 Å². The van der Waals surface area contributed by atoms with Crippen LogP contribution in [0.15, 0.2) is 91.1 Å². The number of aromatic nitrogens is 3. The molecular formula is C29H22F3N5O. The van der Waals surface area contributed by atoms with Gasteiger partial charge in [-0.25, -0.2) is 22.6 Å². The Kier molecular flexibility index (Phi) is 5.75. The monoisotopic (exact) mass is 513 g/mol. The zero-order chi connectivity index (χ0) is 26.4. The summed E-state index contributed by atoms with van der Waals surface area (Å²) in [5.74, 6) is -1.26. The van der Waals surface area contributed by atoms with Crippen LogP contribution in [0.2, 0.25) is 0 Å². The maximum Gasteiger partial charge on any atom is 0.323 e. The topological polar surface area (TPSA) is 55.1 Å². The summed E-state index contributed by atoms with van der Waals surface area (Å²) in [7, 11) is 0. The number of para-hydroxylation sites is 1. The molecule has 2 aromatic heterocycles. The number of carbonyl (C=O) groups excluding carboxylic acids is 1. The van der Waals surface area contributed by atoms with Crippen LogP contribution in [0, 0.1) is 24.4 Å². The summed E-state index contributed by atoms with van der Waals surface area (Å²) >= 11 is 0. The summed E-state index contributed by atoms with van der Waals surface area (Å²) in [5.41, 5.74) is 3.62. The Labute approximate surface area is 216 Å². The van der Waals surface area contributed by atoms with E-state index in [0.29, 0.717) is 17.3 Å². The van der Waals surface area contributed by atoms with Gasteiger partial charge in [0, 0.05) is 17.8 Å². The van der Waals surface area contributed by atoms with E-state index < -0.39 is 29.5 Å². The molecule has 0 radical (unpaired) electrons. The summed E-state index contributed by atoms with van der Waals surface area (Å²) in [4.78, 5) is 15.3. The van der Waals surface area contributed by atoms with Crippen LogP contribution in [0.1, 0.15) is 28.6 Å². The largest absolute Gasteiger partial charge is 0.323 e. The van der Waals surface area contributed by atoms with Gasteiger partial charge in [0.25, 0.3) is 0 Å². The molecule has 1 N–H and O–H groups in total. The first-order valence-electron chi connectivity index (χ1n) is 12.0. The van der Waals surface area contributed by atoms with Gasteiger partial charge >= 0.3 is 6.03 Å². The van der Waals surface area contributed by atoms with Crippen molar-refractivity contribution in [3.05, 3.63) is 131 Å². The molecule has 190 valence electrons. The highest BCUT2D eigenvalue weighted by molar-refractivity contribution is 5.90. The summed E-state index contributed by atoms with van der Waals surface area (Å²) < 4.78 is 45.6. The van der Waals surface area contributed by atoms with Crippen LogP contribution in [0.5, 0.6) is 0 Å². The van der Waals surface area contributed by atoms with Crippen LogP contribution in [-0.4, -0.2) is 25.3 Å². The van der Waals surface area contributed by atoms with Crippen LogP contribution >= 0.6 is 0 Å². The molecule has 3 heterocycles. The standard InChI is InChI=1S/C29H22F3N5O/c1-18-23-17-36(29(38)33-25-14-13-21(31)16-24(25)32)27(19-9-11-20(30)12-10-19)26-8-5-15-35(26)28(23)37(34-18)22-6-3-2-4-7-22/h2-16,27H,17H2,1H3,(H,33,38)/t27-/m0/s1. The average molecular weight is 514 g/mol. The molecule has 2 amide bonds. The first-order chi connectivity index (χ1) is 18.4. The fourth-order valence-corrected chi connectivity index (χ4v) is 4.92. The highest BCUT2D eigenvalue weighted by Gasteiger charge is 2.36. The Morgan fingerprint density at radius 2 is 1.66 bits per heavy atom. The number of hydrogen-bond donors (Lipinski definition) is 1. The number of rotatable bonds is 3. The van der Waals surface area contributed by atoms with Crippen LogP contribution in [0.25, 0.3) is 11.5 Å². The second kappa shape index (κ2) is 9.26. The Hall–Kier alpha value is -4.79. The van der Waals surface area contributed by atoms with Gasteiger partial charge in [0.1, 0.15) is 23.3 Å². The molecule has 0 bridgehead atoms. The summed E-state index contributed by atoms with van der Waals surface area (Å²) in [6.45, 7) is 2.00. The Balaban J connectivity index is 1.53. The van der Waals surface area contributed by atoms with E-state index in [1.807, 2.05) is 64.8 Å². The predicted octanol–water partition coefficient (Wildman–Crippen LogP) is 6.53. The number of anilines is 1. The molecule has 0 fully saturated rings. The number of carbonyl (C=O) groups is 1. The van der Waals surface area contributed by atoms with E-state index in [0.717, 1.165) is 28.8 Å². The molecule has 1 atom stereocenters. The van der Waals surface area contributed by atoms with Gasteiger partial charge in [0.05, 0.1) is 35.3 Å². The van der Waals surface area contributed by atoms with Gasteiger partial charge in [-0.05, 0) is 61.0 Å². The molecule has 1 aliphatic heterocycles. The van der Waals surface area contributed by atoms with E-state index in [-0.39, 0.29) is 12.2 Å². The molecule has 9 heteroatoms. The first-order valence-corrected chi connectivity index (χ1v) is 12.0. The average Bonchev–Trinajstić information content (AvgIpc) is 3.47. The molecule has 3 aromatic carbocycles. The van der Waals surface area contributed by atoms with Crippen molar-refractivity contribution in [2.75, 3.05) is 5.32 Å². The zero-order valence-electron chi connectivity index (χ0n) is 20.3. The quantitative estimate of drug-likeness (QED) is 0.298. The molecule has 1 aliphatic rings. The summed E-state index contributed by atoms with van der Waals surface area (Å²) in [6.07, 6.45) is 1.90. The smallest absolute Gasteiger partial charge is 0.307 e. The van der Waals surface area contributed by atoms with Gasteiger partial charge in [0.15, 0.2) is 0 Å². The molecule has 5 aromatic rings. The molecule has 0 saturated carbocycles. The molecule has 6 nitrogen and oxygen atoms in total. The molecule has 38 heavy (non-hydrogen) atoms. The van der Waals surface area contributed by atoms with Gasteiger partial charge in [-0.15, -0.1) is 0 Å². The molecule has 0 spiro atoms. The lowest BCUT2D eigenvalue weighted by Crippen LogP contribution is -2.38. The van der Waals surface area contributed by atoms with Crippen molar-refractivity contribution in [2.24, 2.45) is 0 Å². The van der Waals surface area contributed by atoms with E-state index in [2.05, 4.69) is 5.32 Å². The van der Waals surface area contributed by atoms with Crippen molar-refractivity contribution in [1.29, 1.82) is 0 Å². The van der Waals surface area contributed by atoms with Crippen molar-refractivity contribution in [1.82, 2.24) is 19.2 Å². The second-order valence-electron chi connectivity index (χ2n) is 9.07. The number of nitrogens with one attached hydrogen (secondary N) is 1. The Bertz CT molecular complexity index is 1640. The van der Waals surface area contributed by atoms with E-state index >= 15 is 0 Å². The van der Waals surface area contributed by atoms with Crippen molar-refractivity contribution in [2.45, 2.75) is 19.5 Å². The normalized spacial score (nSPS) is 14.5. The summed E-state index contributed by atoms with van der Waals surface area (Å²) in [5, 5.41) is 7.37.